The van der Waals surface area contributed by atoms with E-state index < -0.39 is 0 Å². The lowest BCUT2D eigenvalue weighted by Crippen LogP contribution is -2.29. The Balaban J connectivity index is 2.40. The van der Waals surface area contributed by atoms with Gasteiger partial charge in [0.25, 0.3) is 0 Å². The first kappa shape index (κ1) is 11.8. The zero-order valence-electron chi connectivity index (χ0n) is 10.1. The van der Waals surface area contributed by atoms with Gasteiger partial charge in [0.05, 0.1) is 6.04 Å². The normalized spacial score (nSPS) is 12.4. The van der Waals surface area contributed by atoms with E-state index in [1.54, 1.807) is 0 Å². The van der Waals surface area contributed by atoms with Crippen LogP contribution in [-0.4, -0.2) is 4.98 Å². The SMILES string of the molecule is Cc1cccc(C(NN)c2ccnc(C)c2)c1. The van der Waals surface area contributed by atoms with Gasteiger partial charge in [0.2, 0.25) is 0 Å². The zero-order chi connectivity index (χ0) is 12.3. The van der Waals surface area contributed by atoms with Crippen molar-refractivity contribution in [2.24, 2.45) is 5.84 Å². The molecule has 1 heterocycles. The van der Waals surface area contributed by atoms with Crippen LogP contribution in [0.3, 0.4) is 0 Å². The maximum atomic E-state index is 5.67. The van der Waals surface area contributed by atoms with Crippen LogP contribution >= 0.6 is 0 Å². The molecule has 3 heteroatoms. The molecule has 88 valence electrons. The fraction of sp³-hybridized carbons (Fsp3) is 0.214. The van der Waals surface area contributed by atoms with Gasteiger partial charge in [-0.2, -0.15) is 0 Å². The Labute approximate surface area is 102 Å². The van der Waals surface area contributed by atoms with Gasteiger partial charge in [0.15, 0.2) is 0 Å². The van der Waals surface area contributed by atoms with Crippen LogP contribution in [-0.2, 0) is 0 Å². The van der Waals surface area contributed by atoms with Gasteiger partial charge >= 0.3 is 0 Å². The minimum atomic E-state index is 0.0107. The summed E-state index contributed by atoms with van der Waals surface area (Å²) in [5.41, 5.74) is 7.38. The fourth-order valence-corrected chi connectivity index (χ4v) is 1.98. The van der Waals surface area contributed by atoms with Crippen molar-refractivity contribution in [3.63, 3.8) is 0 Å². The average Bonchev–Trinajstić information content (AvgIpc) is 2.30. The smallest absolute Gasteiger partial charge is 0.0711 e. The fourth-order valence-electron chi connectivity index (χ4n) is 1.98. The molecule has 0 amide bonds. The second-order valence-electron chi connectivity index (χ2n) is 4.24. The van der Waals surface area contributed by atoms with Crippen LogP contribution in [0.1, 0.15) is 28.4 Å². The third-order valence-electron chi connectivity index (χ3n) is 2.80. The first-order valence-electron chi connectivity index (χ1n) is 5.66. The number of hydrazine groups is 1. The van der Waals surface area contributed by atoms with Crippen molar-refractivity contribution in [3.8, 4) is 0 Å². The summed E-state index contributed by atoms with van der Waals surface area (Å²) in [6.45, 7) is 4.06. The molecule has 1 unspecified atom stereocenters. The topological polar surface area (TPSA) is 50.9 Å². The average molecular weight is 227 g/mol. The maximum absolute atomic E-state index is 5.67. The largest absolute Gasteiger partial charge is 0.271 e. The molecule has 0 aliphatic carbocycles. The number of benzene rings is 1. The minimum Gasteiger partial charge on any atom is -0.271 e. The van der Waals surface area contributed by atoms with Gasteiger partial charge in [-0.15, -0.1) is 0 Å². The highest BCUT2D eigenvalue weighted by atomic mass is 15.2. The van der Waals surface area contributed by atoms with Crippen LogP contribution in [0.5, 0.6) is 0 Å². The minimum absolute atomic E-state index is 0.0107. The number of hydrogen-bond acceptors (Lipinski definition) is 3. The van der Waals surface area contributed by atoms with Crippen molar-refractivity contribution in [1.29, 1.82) is 0 Å². The van der Waals surface area contributed by atoms with E-state index in [2.05, 4.69) is 35.5 Å². The Hall–Kier alpha value is -1.71. The molecule has 0 aliphatic heterocycles. The Morgan fingerprint density at radius 1 is 1.12 bits per heavy atom. The van der Waals surface area contributed by atoms with Crippen molar-refractivity contribution in [3.05, 3.63) is 65.0 Å². The van der Waals surface area contributed by atoms with Gasteiger partial charge in [-0.3, -0.25) is 10.8 Å². The van der Waals surface area contributed by atoms with Crippen LogP contribution in [0.2, 0.25) is 0 Å². The second-order valence-corrected chi connectivity index (χ2v) is 4.24. The predicted octanol–water partition coefficient (Wildman–Crippen LogP) is 2.25. The van der Waals surface area contributed by atoms with Crippen molar-refractivity contribution in [1.82, 2.24) is 10.4 Å². The van der Waals surface area contributed by atoms with Gasteiger partial charge < -0.3 is 0 Å². The summed E-state index contributed by atoms with van der Waals surface area (Å²) in [4.78, 5) is 4.20. The molecule has 2 rings (SSSR count). The van der Waals surface area contributed by atoms with E-state index in [0.29, 0.717) is 0 Å². The molecule has 3 N–H and O–H groups in total. The summed E-state index contributed by atoms with van der Waals surface area (Å²) in [6, 6.07) is 12.4. The Morgan fingerprint density at radius 2 is 1.88 bits per heavy atom. The van der Waals surface area contributed by atoms with Crippen molar-refractivity contribution in [2.45, 2.75) is 19.9 Å². The van der Waals surface area contributed by atoms with Crippen molar-refractivity contribution < 1.29 is 0 Å². The Morgan fingerprint density at radius 3 is 2.53 bits per heavy atom. The summed E-state index contributed by atoms with van der Waals surface area (Å²) in [5.74, 6) is 5.67. The molecule has 0 radical (unpaired) electrons. The molecule has 17 heavy (non-hydrogen) atoms. The van der Waals surface area contributed by atoms with Crippen molar-refractivity contribution >= 4 is 0 Å². The monoisotopic (exact) mass is 227 g/mol. The van der Waals surface area contributed by atoms with Gasteiger partial charge in [0.1, 0.15) is 0 Å². The summed E-state index contributed by atoms with van der Waals surface area (Å²) >= 11 is 0. The second kappa shape index (κ2) is 5.08. The van der Waals surface area contributed by atoms with E-state index >= 15 is 0 Å². The molecule has 1 aromatic carbocycles. The van der Waals surface area contributed by atoms with E-state index in [9.17, 15) is 0 Å². The quantitative estimate of drug-likeness (QED) is 0.624. The molecule has 1 aromatic heterocycles. The lowest BCUT2D eigenvalue weighted by Gasteiger charge is -2.17. The van der Waals surface area contributed by atoms with Crippen LogP contribution in [0.15, 0.2) is 42.6 Å². The van der Waals surface area contributed by atoms with E-state index in [1.165, 1.54) is 5.56 Å². The van der Waals surface area contributed by atoms with E-state index in [4.69, 9.17) is 5.84 Å². The Kier molecular flexibility index (Phi) is 3.52. The molecular weight excluding hydrogens is 210 g/mol. The predicted molar refractivity (Wildman–Crippen MR) is 69.3 cm³/mol. The molecule has 0 bridgehead atoms. The summed E-state index contributed by atoms with van der Waals surface area (Å²) in [7, 11) is 0. The molecule has 3 nitrogen and oxygen atoms in total. The number of rotatable bonds is 3. The van der Waals surface area contributed by atoms with E-state index in [1.807, 2.05) is 31.3 Å². The van der Waals surface area contributed by atoms with Gasteiger partial charge in [-0.1, -0.05) is 29.8 Å². The summed E-state index contributed by atoms with van der Waals surface area (Å²) < 4.78 is 0. The number of pyridine rings is 1. The highest BCUT2D eigenvalue weighted by Crippen LogP contribution is 2.22. The van der Waals surface area contributed by atoms with E-state index in [0.717, 1.165) is 16.8 Å². The van der Waals surface area contributed by atoms with Crippen LogP contribution in [0, 0.1) is 13.8 Å². The third-order valence-corrected chi connectivity index (χ3v) is 2.80. The number of nitrogens with zero attached hydrogens (tertiary/aromatic N) is 1. The molecule has 2 aromatic rings. The highest BCUT2D eigenvalue weighted by molar-refractivity contribution is 5.33. The number of nitrogens with one attached hydrogen (secondary N) is 1. The van der Waals surface area contributed by atoms with Crippen LogP contribution < -0.4 is 11.3 Å². The number of hydrogen-bond donors (Lipinski definition) is 2. The molecule has 1 atom stereocenters. The Bertz CT molecular complexity index is 463. The summed E-state index contributed by atoms with van der Waals surface area (Å²) in [6.07, 6.45) is 1.81. The highest BCUT2D eigenvalue weighted by Gasteiger charge is 2.12. The lowest BCUT2D eigenvalue weighted by molar-refractivity contribution is 0.635. The maximum Gasteiger partial charge on any atom is 0.0711 e. The molecule has 0 fully saturated rings. The molecule has 0 saturated heterocycles. The van der Waals surface area contributed by atoms with E-state index in [-0.39, 0.29) is 6.04 Å². The van der Waals surface area contributed by atoms with Crippen molar-refractivity contribution in [2.75, 3.05) is 0 Å². The molecular formula is C14H17N3. The third kappa shape index (κ3) is 2.70. The summed E-state index contributed by atoms with van der Waals surface area (Å²) in [5, 5.41) is 0. The number of aryl methyl sites for hydroxylation is 2. The zero-order valence-corrected chi connectivity index (χ0v) is 10.1. The first-order valence-corrected chi connectivity index (χ1v) is 5.66. The van der Waals surface area contributed by atoms with Gasteiger partial charge in [-0.25, -0.2) is 5.43 Å². The van der Waals surface area contributed by atoms with Gasteiger partial charge in [-0.05, 0) is 37.1 Å². The molecule has 0 spiro atoms. The van der Waals surface area contributed by atoms with Crippen LogP contribution in [0.25, 0.3) is 0 Å². The standard InChI is InChI=1S/C14H17N3/c1-10-4-3-5-12(8-10)14(17-15)13-6-7-16-11(2)9-13/h3-9,14,17H,15H2,1-2H3. The van der Waals surface area contributed by atoms with Crippen LogP contribution in [0.4, 0.5) is 0 Å². The molecule has 0 aliphatic rings. The number of aromatic nitrogens is 1. The number of nitrogens with two attached hydrogens (primary N) is 1. The molecule has 0 saturated carbocycles. The lowest BCUT2D eigenvalue weighted by atomic mass is 9.98. The van der Waals surface area contributed by atoms with Gasteiger partial charge in [0, 0.05) is 11.9 Å². The first-order chi connectivity index (χ1) is 8.20.